The SMILES string of the molecule is CC(C)[C@@H]1NC(=O)C(C)(C)/C=C/c2ccc3ccc(nc3c2)[C@@H](C)N(C)C(=O)[C@@H]2CCCN(N2)C(=O)[C@H](C)NC1=O. The van der Waals surface area contributed by atoms with E-state index in [1.54, 1.807) is 32.7 Å². The first-order chi connectivity index (χ1) is 19.3. The molecule has 1 fully saturated rings. The van der Waals surface area contributed by atoms with Gasteiger partial charge in [-0.25, -0.2) is 5.43 Å². The lowest BCUT2D eigenvalue weighted by Gasteiger charge is -2.37. The van der Waals surface area contributed by atoms with E-state index in [0.29, 0.717) is 19.4 Å². The standard InChI is InChI=1S/C31H42N6O4/c1-18(2)26-27(38)32-19(3)28(39)37-16-8-9-24(35-37)29(40)36(7)20(4)23-13-12-22-11-10-21(17-25(22)33-23)14-15-31(5,6)30(41)34-26/h10-15,17-20,24,26,35H,8-9,16H2,1-7H3,(H,32,38)(H,34,41)/b15-14+/t19-,20+,24-,26-/m0/s1. The number of pyridine rings is 1. The van der Waals surface area contributed by atoms with Crippen LogP contribution in [0.5, 0.6) is 0 Å². The minimum absolute atomic E-state index is 0.138. The van der Waals surface area contributed by atoms with E-state index in [2.05, 4.69) is 16.1 Å². The van der Waals surface area contributed by atoms with Gasteiger partial charge in [-0.2, -0.15) is 0 Å². The van der Waals surface area contributed by atoms with Crippen molar-refractivity contribution >= 4 is 40.6 Å². The van der Waals surface area contributed by atoms with Crippen LogP contribution in [-0.2, 0) is 19.2 Å². The minimum atomic E-state index is -0.915. The van der Waals surface area contributed by atoms with Crippen molar-refractivity contribution in [1.29, 1.82) is 0 Å². The van der Waals surface area contributed by atoms with Crippen LogP contribution in [0, 0.1) is 11.3 Å². The highest BCUT2D eigenvalue weighted by Gasteiger charge is 2.36. The maximum Gasteiger partial charge on any atom is 0.258 e. The molecule has 4 rings (SSSR count). The van der Waals surface area contributed by atoms with Crippen molar-refractivity contribution in [2.75, 3.05) is 13.6 Å². The van der Waals surface area contributed by atoms with Crippen LogP contribution < -0.4 is 16.1 Å². The first-order valence-electron chi connectivity index (χ1n) is 14.3. The quantitative estimate of drug-likeness (QED) is 0.491. The number of benzene rings is 1. The van der Waals surface area contributed by atoms with Gasteiger partial charge in [0.25, 0.3) is 5.91 Å². The van der Waals surface area contributed by atoms with Crippen molar-refractivity contribution in [3.05, 3.63) is 47.7 Å². The van der Waals surface area contributed by atoms with E-state index in [9.17, 15) is 19.2 Å². The fourth-order valence-electron chi connectivity index (χ4n) is 5.09. The lowest BCUT2D eigenvalue weighted by atomic mass is 9.89. The summed E-state index contributed by atoms with van der Waals surface area (Å²) in [4.78, 5) is 59.9. The van der Waals surface area contributed by atoms with Gasteiger partial charge in [-0.15, -0.1) is 0 Å². The molecular weight excluding hydrogens is 520 g/mol. The second-order valence-corrected chi connectivity index (χ2v) is 12.1. The molecule has 1 aromatic heterocycles. The first-order valence-corrected chi connectivity index (χ1v) is 14.3. The van der Waals surface area contributed by atoms with Gasteiger partial charge >= 0.3 is 0 Å². The van der Waals surface area contributed by atoms with Crippen LogP contribution >= 0.6 is 0 Å². The molecule has 4 amide bonds. The number of carbonyl (C=O) groups is 4. The van der Waals surface area contributed by atoms with Gasteiger partial charge in [-0.1, -0.05) is 44.2 Å². The topological polar surface area (TPSA) is 124 Å². The molecule has 0 aliphatic carbocycles. The van der Waals surface area contributed by atoms with Gasteiger partial charge in [0.1, 0.15) is 18.1 Å². The van der Waals surface area contributed by atoms with Crippen LogP contribution in [-0.4, -0.2) is 70.2 Å². The molecule has 1 saturated heterocycles. The van der Waals surface area contributed by atoms with Crippen LogP contribution in [0.3, 0.4) is 0 Å². The molecule has 5 bridgehead atoms. The molecular formula is C31H42N6O4. The molecule has 3 heterocycles. The molecule has 2 aromatic rings. The van der Waals surface area contributed by atoms with Crippen molar-refractivity contribution in [2.24, 2.45) is 11.3 Å². The second-order valence-electron chi connectivity index (χ2n) is 12.1. The molecule has 10 nitrogen and oxygen atoms in total. The molecule has 4 atom stereocenters. The minimum Gasteiger partial charge on any atom is -0.343 e. The summed E-state index contributed by atoms with van der Waals surface area (Å²) in [6, 6.07) is 7.24. The molecule has 220 valence electrons. The Morgan fingerprint density at radius 2 is 1.71 bits per heavy atom. The van der Waals surface area contributed by atoms with Crippen LogP contribution in [0.1, 0.15) is 71.7 Å². The van der Waals surface area contributed by atoms with Gasteiger partial charge in [0.05, 0.1) is 22.7 Å². The summed E-state index contributed by atoms with van der Waals surface area (Å²) in [7, 11) is 1.75. The Labute approximate surface area is 241 Å². The fraction of sp³-hybridized carbons (Fsp3) is 0.516. The first kappa shape index (κ1) is 30.2. The van der Waals surface area contributed by atoms with Crippen LogP contribution in [0.25, 0.3) is 17.0 Å². The summed E-state index contributed by atoms with van der Waals surface area (Å²) in [6.45, 7) is 11.2. The number of amides is 4. The number of aromatic nitrogens is 1. The normalized spacial score (nSPS) is 27.1. The van der Waals surface area contributed by atoms with Gasteiger partial charge in [-0.3, -0.25) is 29.2 Å². The Kier molecular flexibility index (Phi) is 8.82. The lowest BCUT2D eigenvalue weighted by Crippen LogP contribution is -2.62. The summed E-state index contributed by atoms with van der Waals surface area (Å²) in [5.74, 6) is -1.43. The van der Waals surface area contributed by atoms with Crippen molar-refractivity contribution in [1.82, 2.24) is 31.0 Å². The van der Waals surface area contributed by atoms with E-state index >= 15 is 0 Å². The molecule has 0 radical (unpaired) electrons. The Morgan fingerprint density at radius 1 is 1.00 bits per heavy atom. The number of fused-ring (bicyclic) bond motifs is 4. The summed E-state index contributed by atoms with van der Waals surface area (Å²) in [5, 5.41) is 8.04. The summed E-state index contributed by atoms with van der Waals surface area (Å²) >= 11 is 0. The average Bonchev–Trinajstić information content (AvgIpc) is 2.95. The molecule has 0 unspecified atom stereocenters. The molecule has 2 aliphatic heterocycles. The number of nitrogens with one attached hydrogen (secondary N) is 3. The van der Waals surface area contributed by atoms with Crippen molar-refractivity contribution in [3.8, 4) is 0 Å². The second kappa shape index (κ2) is 12.0. The Balaban J connectivity index is 1.73. The maximum atomic E-state index is 13.5. The van der Waals surface area contributed by atoms with Crippen molar-refractivity contribution < 1.29 is 19.2 Å². The van der Waals surface area contributed by atoms with E-state index in [4.69, 9.17) is 4.98 Å². The smallest absolute Gasteiger partial charge is 0.258 e. The van der Waals surface area contributed by atoms with Crippen molar-refractivity contribution in [2.45, 2.75) is 78.6 Å². The maximum absolute atomic E-state index is 13.5. The fourth-order valence-corrected chi connectivity index (χ4v) is 5.09. The number of hydrogen-bond acceptors (Lipinski definition) is 6. The largest absolute Gasteiger partial charge is 0.343 e. The van der Waals surface area contributed by atoms with Crippen LogP contribution in [0.15, 0.2) is 36.4 Å². The highest BCUT2D eigenvalue weighted by molar-refractivity contribution is 5.94. The zero-order valence-corrected chi connectivity index (χ0v) is 25.0. The summed E-state index contributed by atoms with van der Waals surface area (Å²) < 4.78 is 0. The van der Waals surface area contributed by atoms with Crippen LogP contribution in [0.2, 0.25) is 0 Å². The highest BCUT2D eigenvalue weighted by Crippen LogP contribution is 2.25. The third-order valence-corrected chi connectivity index (χ3v) is 8.09. The zero-order valence-electron chi connectivity index (χ0n) is 25.0. The Bertz CT molecular complexity index is 1370. The van der Waals surface area contributed by atoms with Gasteiger partial charge in [0.2, 0.25) is 17.7 Å². The third-order valence-electron chi connectivity index (χ3n) is 8.09. The van der Waals surface area contributed by atoms with Gasteiger partial charge in [-0.05, 0) is 64.2 Å². The number of hydrogen-bond donors (Lipinski definition) is 3. The predicted molar refractivity (Wildman–Crippen MR) is 158 cm³/mol. The summed E-state index contributed by atoms with van der Waals surface area (Å²) in [5.41, 5.74) is 4.58. The number of rotatable bonds is 1. The van der Waals surface area contributed by atoms with Gasteiger partial charge in [0, 0.05) is 19.0 Å². The molecule has 10 heteroatoms. The van der Waals surface area contributed by atoms with Gasteiger partial charge in [0.15, 0.2) is 0 Å². The molecule has 0 saturated carbocycles. The van der Waals surface area contributed by atoms with E-state index in [1.165, 1.54) is 5.01 Å². The van der Waals surface area contributed by atoms with E-state index in [0.717, 1.165) is 22.2 Å². The molecule has 1 aromatic carbocycles. The van der Waals surface area contributed by atoms with E-state index < -0.39 is 29.4 Å². The van der Waals surface area contributed by atoms with Crippen LogP contribution in [0.4, 0.5) is 0 Å². The monoisotopic (exact) mass is 562 g/mol. The van der Waals surface area contributed by atoms with Gasteiger partial charge < -0.3 is 15.5 Å². The Morgan fingerprint density at radius 3 is 2.41 bits per heavy atom. The number of likely N-dealkylation sites (N-methyl/N-ethyl adjacent to an activating group) is 1. The summed E-state index contributed by atoms with van der Waals surface area (Å²) in [6.07, 6.45) is 4.91. The molecule has 2 aliphatic rings. The lowest BCUT2D eigenvalue weighted by molar-refractivity contribution is -0.146. The third kappa shape index (κ3) is 6.59. The molecule has 3 N–H and O–H groups in total. The number of nitrogens with zero attached hydrogens (tertiary/aromatic N) is 3. The predicted octanol–water partition coefficient (Wildman–Crippen LogP) is 2.95. The number of hydrazine groups is 1. The van der Waals surface area contributed by atoms with Crippen molar-refractivity contribution in [3.63, 3.8) is 0 Å². The Hall–Kier alpha value is -3.79. The molecule has 0 spiro atoms. The highest BCUT2D eigenvalue weighted by atomic mass is 16.2. The van der Waals surface area contributed by atoms with E-state index in [-0.39, 0.29) is 29.7 Å². The number of carbonyl (C=O) groups excluding carboxylic acids is 4. The molecule has 41 heavy (non-hydrogen) atoms. The van der Waals surface area contributed by atoms with E-state index in [1.807, 2.05) is 63.3 Å². The zero-order chi connectivity index (χ0) is 30.1. The average molecular weight is 563 g/mol.